The summed E-state index contributed by atoms with van der Waals surface area (Å²) in [7, 11) is 0. The van der Waals surface area contributed by atoms with Gasteiger partial charge in [0, 0.05) is 45.2 Å². The zero-order valence-corrected chi connectivity index (χ0v) is 43.3. The van der Waals surface area contributed by atoms with Gasteiger partial charge in [-0.1, -0.05) is 13.8 Å². The fraction of sp³-hybridized carbons (Fsp3) is 0.448. The fourth-order valence-electron chi connectivity index (χ4n) is 13.2. The Hall–Kier alpha value is -7.26. The first-order chi connectivity index (χ1) is 37.3. The van der Waals surface area contributed by atoms with Gasteiger partial charge in [-0.05, 0) is 135 Å². The summed E-state index contributed by atoms with van der Waals surface area (Å²) in [5.41, 5.74) is 4.42. The predicted molar refractivity (Wildman–Crippen MR) is 274 cm³/mol. The summed E-state index contributed by atoms with van der Waals surface area (Å²) in [5.74, 6) is -3.31. The number of aromatic nitrogens is 4. The Labute approximate surface area is 443 Å². The lowest BCUT2D eigenvalue weighted by atomic mass is 9.81. The molecule has 4 aromatic heterocycles. The van der Waals surface area contributed by atoms with Gasteiger partial charge >= 0.3 is 11.9 Å². The molecule has 2 amide bonds. The molecule has 8 aliphatic rings. The van der Waals surface area contributed by atoms with Gasteiger partial charge in [0.25, 0.3) is 11.1 Å². The lowest BCUT2D eigenvalue weighted by molar-refractivity contribution is -0.172. The molecular formula is C58H56F2N6O12. The second-order valence-corrected chi connectivity index (χ2v) is 22.4. The lowest BCUT2D eigenvalue weighted by Crippen LogP contribution is -2.44. The summed E-state index contributed by atoms with van der Waals surface area (Å²) in [4.78, 5) is 87.9. The van der Waals surface area contributed by atoms with Gasteiger partial charge in [0.05, 0.1) is 70.1 Å². The Morgan fingerprint density at radius 3 is 1.37 bits per heavy atom. The molecule has 0 saturated heterocycles. The molecule has 2 fully saturated rings. The predicted octanol–water partition coefficient (Wildman–Crippen LogP) is 4.80. The summed E-state index contributed by atoms with van der Waals surface area (Å²) in [6, 6.07) is 5.08. The molecule has 4 aliphatic heterocycles. The maximum absolute atomic E-state index is 15.0. The maximum atomic E-state index is 15.0. The van der Waals surface area contributed by atoms with Crippen LogP contribution in [0, 0.1) is 37.3 Å². The third kappa shape index (κ3) is 7.24. The Balaban J connectivity index is 0.000000148. The van der Waals surface area contributed by atoms with Gasteiger partial charge in [-0.25, -0.2) is 28.3 Å². The topological polar surface area (TPSA) is 261 Å². The number of pyridine rings is 4. The second kappa shape index (κ2) is 17.6. The molecule has 4 aliphatic carbocycles. The number of aryl methyl sites for hydroxylation is 2. The van der Waals surface area contributed by atoms with Gasteiger partial charge in [0.1, 0.15) is 37.1 Å². The van der Waals surface area contributed by atoms with Crippen molar-refractivity contribution in [2.45, 2.75) is 154 Å². The molecule has 6 N–H and O–H groups in total. The van der Waals surface area contributed by atoms with Crippen molar-refractivity contribution in [1.29, 1.82) is 0 Å². The molecule has 0 bridgehead atoms. The van der Waals surface area contributed by atoms with Gasteiger partial charge in [-0.15, -0.1) is 0 Å². The van der Waals surface area contributed by atoms with E-state index >= 15 is 8.78 Å². The van der Waals surface area contributed by atoms with Gasteiger partial charge < -0.3 is 49.7 Å². The summed E-state index contributed by atoms with van der Waals surface area (Å²) in [5, 5.41) is 50.8. The standard InChI is InChI=1S/2C29H28FN3O6/c2*1-3-29(38)17-8-21-24-15(10-33(21)27(36)16(17)11-39-28(29)37)23-19(32-26(35)25(34)13-4-5-13)7-6-14-12(2)18(30)9-20(31-24)22(14)23/h2*8-9,13,19,25,34,38H,3-7,10-11H2,1-2H3,(H,32,35)/t19-,25+,29-;19-,25-,29-/m00/s1. The van der Waals surface area contributed by atoms with Gasteiger partial charge in [-0.3, -0.25) is 19.2 Å². The minimum atomic E-state index is -1.96. The molecule has 14 rings (SSSR count). The number of fused-ring (bicyclic) bond motifs is 10. The number of halogens is 2. The number of aliphatic hydroxyl groups excluding tert-OH is 2. The molecule has 0 unspecified atom stereocenters. The molecule has 20 heteroatoms. The number of rotatable bonds is 8. The van der Waals surface area contributed by atoms with Crippen LogP contribution in [-0.4, -0.2) is 75.5 Å². The number of aliphatic hydroxyl groups is 4. The monoisotopic (exact) mass is 1070 g/mol. The number of carbonyl (C=O) groups excluding carboxylic acids is 4. The van der Waals surface area contributed by atoms with Crippen LogP contribution < -0.4 is 21.8 Å². The van der Waals surface area contributed by atoms with Crippen molar-refractivity contribution in [2.75, 3.05) is 0 Å². The van der Waals surface area contributed by atoms with E-state index in [1.807, 2.05) is 0 Å². The number of hydrogen-bond donors (Lipinski definition) is 6. The largest absolute Gasteiger partial charge is 0.458 e. The van der Waals surface area contributed by atoms with E-state index in [4.69, 9.17) is 19.4 Å². The first kappa shape index (κ1) is 50.3. The van der Waals surface area contributed by atoms with Crippen molar-refractivity contribution in [3.05, 3.63) is 123 Å². The van der Waals surface area contributed by atoms with E-state index in [1.165, 1.54) is 21.3 Å². The van der Waals surface area contributed by atoms with Crippen LogP contribution in [0.25, 0.3) is 44.6 Å². The molecule has 8 heterocycles. The molecule has 78 heavy (non-hydrogen) atoms. The Bertz CT molecular complexity index is 3640. The van der Waals surface area contributed by atoms with Crippen molar-refractivity contribution < 1.29 is 57.9 Å². The van der Waals surface area contributed by atoms with Crippen LogP contribution in [0.3, 0.4) is 0 Å². The smallest absolute Gasteiger partial charge is 0.343 e. The number of cyclic esters (lactones) is 2. The van der Waals surface area contributed by atoms with Gasteiger partial charge in [-0.2, -0.15) is 0 Å². The molecule has 404 valence electrons. The molecule has 18 nitrogen and oxygen atoms in total. The lowest BCUT2D eigenvalue weighted by Gasteiger charge is -2.31. The highest BCUT2D eigenvalue weighted by atomic mass is 19.1. The molecule has 2 saturated carbocycles. The number of nitrogens with zero attached hydrogens (tertiary/aromatic N) is 4. The normalized spacial score (nSPS) is 23.6. The van der Waals surface area contributed by atoms with Crippen molar-refractivity contribution in [1.82, 2.24) is 29.7 Å². The maximum Gasteiger partial charge on any atom is 0.343 e. The van der Waals surface area contributed by atoms with Crippen LogP contribution in [0.2, 0.25) is 0 Å². The van der Waals surface area contributed by atoms with E-state index < -0.39 is 59.2 Å². The van der Waals surface area contributed by atoms with E-state index in [2.05, 4.69) is 10.6 Å². The summed E-state index contributed by atoms with van der Waals surface area (Å²) >= 11 is 0. The summed E-state index contributed by atoms with van der Waals surface area (Å²) < 4.78 is 43.4. The summed E-state index contributed by atoms with van der Waals surface area (Å²) in [6.45, 7) is 6.60. The zero-order valence-electron chi connectivity index (χ0n) is 43.3. The number of carbonyl (C=O) groups is 4. The average molecular weight is 1070 g/mol. The number of esters is 2. The van der Waals surface area contributed by atoms with Crippen LogP contribution in [0.1, 0.15) is 144 Å². The van der Waals surface area contributed by atoms with Crippen molar-refractivity contribution in [3.8, 4) is 22.8 Å². The highest BCUT2D eigenvalue weighted by Gasteiger charge is 2.48. The second-order valence-electron chi connectivity index (χ2n) is 22.4. The highest BCUT2D eigenvalue weighted by Crippen LogP contribution is 2.49. The number of amides is 2. The quantitative estimate of drug-likeness (QED) is 0.112. The molecule has 2 aromatic carbocycles. The van der Waals surface area contributed by atoms with Crippen LogP contribution in [0.4, 0.5) is 8.78 Å². The van der Waals surface area contributed by atoms with Crippen LogP contribution >= 0.6 is 0 Å². The number of benzene rings is 2. The van der Waals surface area contributed by atoms with Crippen LogP contribution in [0.15, 0.2) is 33.9 Å². The van der Waals surface area contributed by atoms with Crippen LogP contribution in [-0.2, 0) is 79.0 Å². The molecule has 6 aromatic rings. The minimum absolute atomic E-state index is 0.0241. The fourth-order valence-corrected chi connectivity index (χ4v) is 13.2. The highest BCUT2D eigenvalue weighted by molar-refractivity contribution is 5.96. The van der Waals surface area contributed by atoms with Crippen LogP contribution in [0.5, 0.6) is 0 Å². The zero-order chi connectivity index (χ0) is 54.8. The van der Waals surface area contributed by atoms with E-state index in [0.29, 0.717) is 70.6 Å². The number of nitrogens with one attached hydrogen (secondary N) is 2. The third-order valence-corrected chi connectivity index (χ3v) is 18.1. The average Bonchev–Trinajstić information content (AvgIpc) is 4.50. The van der Waals surface area contributed by atoms with E-state index in [1.54, 1.807) is 39.8 Å². The first-order valence-electron chi connectivity index (χ1n) is 26.9. The van der Waals surface area contributed by atoms with Gasteiger partial charge in [0.15, 0.2) is 11.2 Å². The van der Waals surface area contributed by atoms with E-state index in [0.717, 1.165) is 69.8 Å². The minimum Gasteiger partial charge on any atom is -0.458 e. The van der Waals surface area contributed by atoms with Gasteiger partial charge in [0.2, 0.25) is 11.8 Å². The van der Waals surface area contributed by atoms with E-state index in [-0.39, 0.29) is 96.0 Å². The Kier molecular flexibility index (Phi) is 11.4. The molecule has 0 radical (unpaired) electrons. The Morgan fingerprint density at radius 1 is 0.628 bits per heavy atom. The molecule has 6 atom stereocenters. The third-order valence-electron chi connectivity index (χ3n) is 18.1. The Morgan fingerprint density at radius 2 is 1.01 bits per heavy atom. The SMILES string of the molecule is CC[C@@]1(O)C(=O)OCc2c1cc1n(c2=O)Cc2c-1nc1cc(F)c(C)c3c1c2[C@@H](NC(=O)[C@@H](O)C1CC1)CC3.CC[C@@]1(O)C(=O)OCc2c1cc1n(c2=O)Cc2c-1nc1cc(F)c(C)c3c1c2[C@@H](NC(=O)[C@H](O)C1CC1)CC3. The van der Waals surface area contributed by atoms with Crippen molar-refractivity contribution >= 4 is 45.6 Å². The molecule has 0 spiro atoms. The van der Waals surface area contributed by atoms with Crippen molar-refractivity contribution in [3.63, 3.8) is 0 Å². The summed E-state index contributed by atoms with van der Waals surface area (Å²) in [6.07, 6.45) is 3.21. The number of ether oxygens (including phenoxy) is 2. The van der Waals surface area contributed by atoms with Crippen molar-refractivity contribution in [2.24, 2.45) is 11.8 Å². The van der Waals surface area contributed by atoms with E-state index in [9.17, 15) is 49.2 Å². The molecular weight excluding hydrogens is 1010 g/mol. The number of hydrogen-bond acceptors (Lipinski definition) is 14. The first-order valence-corrected chi connectivity index (χ1v) is 26.9.